The van der Waals surface area contributed by atoms with Crippen LogP contribution in [0.5, 0.6) is 17.2 Å². The first kappa shape index (κ1) is 21.0. The molecule has 2 aliphatic heterocycles. The van der Waals surface area contributed by atoms with Crippen LogP contribution in [0.3, 0.4) is 0 Å². The monoisotopic (exact) mass is 439 g/mol. The Bertz CT molecular complexity index is 859. The Hall–Kier alpha value is -1.85. The number of likely N-dealkylation sites (tertiary alicyclic amines) is 1. The van der Waals surface area contributed by atoms with Crippen molar-refractivity contribution in [1.82, 2.24) is 4.90 Å². The molecular formula is C26H33NO3S. The third kappa shape index (κ3) is 4.98. The number of rotatable bonds is 6. The standard InChI is InChI=1S/C26H33NO3S/c28-21-10-13-23-24(18-21)31-26(20-6-2-3-7-20)25(30-23)19-8-11-22(12-9-19)29-17-16-27-14-4-1-5-15-27/h8-13,18,20,25-26,28H,1-7,14-17H2. The molecule has 2 heterocycles. The predicted molar refractivity (Wildman–Crippen MR) is 125 cm³/mol. The zero-order chi connectivity index (χ0) is 21.0. The zero-order valence-electron chi connectivity index (χ0n) is 18.2. The molecule has 1 N–H and O–H groups in total. The van der Waals surface area contributed by atoms with Crippen molar-refractivity contribution in [2.75, 3.05) is 26.2 Å². The molecule has 2 unspecified atom stereocenters. The van der Waals surface area contributed by atoms with Gasteiger partial charge in [-0.1, -0.05) is 31.4 Å². The fourth-order valence-electron chi connectivity index (χ4n) is 5.21. The van der Waals surface area contributed by atoms with Crippen LogP contribution in [0.2, 0.25) is 0 Å². The number of phenols is 1. The summed E-state index contributed by atoms with van der Waals surface area (Å²) in [6, 6.07) is 14.0. The molecule has 0 radical (unpaired) electrons. The van der Waals surface area contributed by atoms with Gasteiger partial charge in [-0.3, -0.25) is 4.90 Å². The van der Waals surface area contributed by atoms with Gasteiger partial charge in [0.05, 0.1) is 10.1 Å². The quantitative estimate of drug-likeness (QED) is 0.594. The van der Waals surface area contributed by atoms with Crippen molar-refractivity contribution in [3.63, 3.8) is 0 Å². The Morgan fingerprint density at radius 2 is 1.74 bits per heavy atom. The molecule has 31 heavy (non-hydrogen) atoms. The Labute approximate surface area is 189 Å². The smallest absolute Gasteiger partial charge is 0.136 e. The number of ether oxygens (including phenoxy) is 2. The molecule has 4 nitrogen and oxygen atoms in total. The summed E-state index contributed by atoms with van der Waals surface area (Å²) >= 11 is 1.88. The number of nitrogens with zero attached hydrogens (tertiary/aromatic N) is 1. The van der Waals surface area contributed by atoms with Gasteiger partial charge in [-0.2, -0.15) is 0 Å². The summed E-state index contributed by atoms with van der Waals surface area (Å²) in [4.78, 5) is 3.57. The number of hydrogen-bond acceptors (Lipinski definition) is 5. The number of benzene rings is 2. The third-order valence-corrected chi connectivity index (χ3v) is 8.42. The maximum atomic E-state index is 9.92. The van der Waals surface area contributed by atoms with E-state index < -0.39 is 0 Å². The van der Waals surface area contributed by atoms with Crippen molar-refractivity contribution in [3.8, 4) is 17.2 Å². The first-order valence-corrected chi connectivity index (χ1v) is 12.8. The van der Waals surface area contributed by atoms with E-state index in [-0.39, 0.29) is 6.10 Å². The van der Waals surface area contributed by atoms with Crippen LogP contribution in [0.25, 0.3) is 0 Å². The topological polar surface area (TPSA) is 41.9 Å². The molecular weight excluding hydrogens is 406 g/mol. The molecule has 2 atom stereocenters. The van der Waals surface area contributed by atoms with Crippen molar-refractivity contribution in [1.29, 1.82) is 0 Å². The lowest BCUT2D eigenvalue weighted by atomic mass is 9.94. The van der Waals surface area contributed by atoms with Crippen molar-refractivity contribution < 1.29 is 14.6 Å². The van der Waals surface area contributed by atoms with E-state index in [9.17, 15) is 5.11 Å². The molecule has 2 fully saturated rings. The normalized spacial score (nSPS) is 24.5. The molecule has 2 aromatic rings. The summed E-state index contributed by atoms with van der Waals surface area (Å²) in [5, 5.41) is 10.3. The maximum absolute atomic E-state index is 9.92. The number of aromatic hydroxyl groups is 1. The van der Waals surface area contributed by atoms with Gasteiger partial charge in [-0.05, 0) is 80.6 Å². The Balaban J connectivity index is 1.27. The molecule has 0 bridgehead atoms. The fraction of sp³-hybridized carbons (Fsp3) is 0.538. The minimum absolute atomic E-state index is 0.0348. The van der Waals surface area contributed by atoms with Crippen molar-refractivity contribution in [2.24, 2.45) is 5.92 Å². The number of fused-ring (bicyclic) bond motifs is 1. The SMILES string of the molecule is Oc1ccc2c(c1)SC(C1CCCC1)C(c1ccc(OCCN3CCCCC3)cc1)O2. The molecule has 1 aliphatic carbocycles. The zero-order valence-corrected chi connectivity index (χ0v) is 19.0. The second-order valence-corrected chi connectivity index (χ2v) is 10.3. The molecule has 166 valence electrons. The van der Waals surface area contributed by atoms with Crippen LogP contribution in [-0.2, 0) is 0 Å². The average Bonchev–Trinajstić information content (AvgIpc) is 3.34. The van der Waals surface area contributed by atoms with Crippen molar-refractivity contribution in [2.45, 2.75) is 61.2 Å². The summed E-state index contributed by atoms with van der Waals surface area (Å²) in [5.74, 6) is 2.78. The first-order chi connectivity index (χ1) is 15.3. The van der Waals surface area contributed by atoms with Crippen LogP contribution in [-0.4, -0.2) is 41.5 Å². The lowest BCUT2D eigenvalue weighted by Crippen LogP contribution is -2.33. The second-order valence-electron chi connectivity index (χ2n) is 9.12. The summed E-state index contributed by atoms with van der Waals surface area (Å²) in [6.07, 6.45) is 9.20. The molecule has 3 aliphatic rings. The Kier molecular flexibility index (Phi) is 6.61. The van der Waals surface area contributed by atoms with Crippen molar-refractivity contribution in [3.05, 3.63) is 48.0 Å². The molecule has 5 rings (SSSR count). The van der Waals surface area contributed by atoms with E-state index in [1.807, 2.05) is 23.9 Å². The van der Waals surface area contributed by atoms with Gasteiger partial charge in [0.25, 0.3) is 0 Å². The van der Waals surface area contributed by atoms with Gasteiger partial charge in [0.2, 0.25) is 0 Å². The van der Waals surface area contributed by atoms with Gasteiger partial charge in [-0.25, -0.2) is 0 Å². The minimum atomic E-state index is 0.0348. The third-order valence-electron chi connectivity index (χ3n) is 6.94. The predicted octanol–water partition coefficient (Wildman–Crippen LogP) is 6.04. The van der Waals surface area contributed by atoms with Gasteiger partial charge in [0, 0.05) is 6.54 Å². The highest BCUT2D eigenvalue weighted by molar-refractivity contribution is 8.00. The summed E-state index contributed by atoms with van der Waals surface area (Å²) in [6.45, 7) is 4.18. The summed E-state index contributed by atoms with van der Waals surface area (Å²) in [5.41, 5.74) is 1.21. The molecule has 0 aromatic heterocycles. The lowest BCUT2D eigenvalue weighted by Gasteiger charge is -2.36. The maximum Gasteiger partial charge on any atom is 0.136 e. The van der Waals surface area contributed by atoms with Crippen LogP contribution in [0.1, 0.15) is 56.6 Å². The number of hydrogen-bond donors (Lipinski definition) is 1. The van der Waals surface area contributed by atoms with Crippen molar-refractivity contribution >= 4 is 11.8 Å². The highest BCUT2D eigenvalue weighted by Crippen LogP contribution is 2.51. The number of piperidine rings is 1. The van der Waals surface area contributed by atoms with E-state index >= 15 is 0 Å². The molecule has 2 aromatic carbocycles. The highest BCUT2D eigenvalue weighted by atomic mass is 32.2. The van der Waals surface area contributed by atoms with Gasteiger partial charge >= 0.3 is 0 Å². The lowest BCUT2D eigenvalue weighted by molar-refractivity contribution is 0.166. The second kappa shape index (κ2) is 9.74. The van der Waals surface area contributed by atoms with Gasteiger partial charge in [-0.15, -0.1) is 11.8 Å². The fourth-order valence-corrected chi connectivity index (χ4v) is 6.73. The number of thioether (sulfide) groups is 1. The van der Waals surface area contributed by atoms with Crippen LogP contribution >= 0.6 is 11.8 Å². The molecule has 1 saturated heterocycles. The van der Waals surface area contributed by atoms with Gasteiger partial charge in [0.15, 0.2) is 0 Å². The molecule has 0 amide bonds. The van der Waals surface area contributed by atoms with E-state index in [2.05, 4.69) is 29.2 Å². The molecule has 1 saturated carbocycles. The Morgan fingerprint density at radius 1 is 0.968 bits per heavy atom. The van der Waals surface area contributed by atoms with E-state index in [0.717, 1.165) is 29.5 Å². The van der Waals surface area contributed by atoms with E-state index in [1.54, 1.807) is 6.07 Å². The van der Waals surface area contributed by atoms with Gasteiger partial charge in [0.1, 0.15) is 30.0 Å². The van der Waals surface area contributed by atoms with E-state index in [0.29, 0.717) is 16.9 Å². The molecule has 0 spiro atoms. The van der Waals surface area contributed by atoms with Crippen LogP contribution in [0, 0.1) is 5.92 Å². The number of phenolic OH excluding ortho intramolecular Hbond substituents is 1. The first-order valence-electron chi connectivity index (χ1n) is 11.9. The van der Waals surface area contributed by atoms with Crippen LogP contribution < -0.4 is 9.47 Å². The summed E-state index contributed by atoms with van der Waals surface area (Å²) < 4.78 is 12.6. The Morgan fingerprint density at radius 3 is 2.52 bits per heavy atom. The highest BCUT2D eigenvalue weighted by Gasteiger charge is 2.38. The van der Waals surface area contributed by atoms with Gasteiger partial charge < -0.3 is 14.6 Å². The largest absolute Gasteiger partial charge is 0.508 e. The minimum Gasteiger partial charge on any atom is -0.508 e. The van der Waals surface area contributed by atoms with Crippen LogP contribution in [0.15, 0.2) is 47.4 Å². The molecule has 5 heteroatoms. The average molecular weight is 440 g/mol. The summed E-state index contributed by atoms with van der Waals surface area (Å²) in [7, 11) is 0. The van der Waals surface area contributed by atoms with E-state index in [1.165, 1.54) is 63.6 Å². The van der Waals surface area contributed by atoms with Crippen LogP contribution in [0.4, 0.5) is 0 Å². The van der Waals surface area contributed by atoms with E-state index in [4.69, 9.17) is 9.47 Å².